The molecule has 0 aliphatic rings. The molecule has 98 valence electrons. The summed E-state index contributed by atoms with van der Waals surface area (Å²) in [6.45, 7) is 10.3. The minimum Gasteiger partial charge on any atom is -0.377 e. The zero-order valence-electron chi connectivity index (χ0n) is 11.7. The highest BCUT2D eigenvalue weighted by Gasteiger charge is 2.29. The summed E-state index contributed by atoms with van der Waals surface area (Å²) in [7, 11) is 1.76. The number of nitrogens with one attached hydrogen (secondary N) is 1. The number of imidazole rings is 1. The molecule has 0 spiro atoms. The lowest BCUT2D eigenvalue weighted by atomic mass is 9.98. The first-order chi connectivity index (χ1) is 8.05. The van der Waals surface area contributed by atoms with E-state index in [0.29, 0.717) is 0 Å². The van der Waals surface area contributed by atoms with E-state index in [4.69, 9.17) is 4.74 Å². The molecule has 0 amide bonds. The van der Waals surface area contributed by atoms with Gasteiger partial charge in [0.05, 0.1) is 11.6 Å². The van der Waals surface area contributed by atoms with Crippen LogP contribution >= 0.6 is 0 Å². The number of hydrogen-bond acceptors (Lipinski definition) is 3. The van der Waals surface area contributed by atoms with E-state index in [0.717, 1.165) is 25.3 Å². The highest BCUT2D eigenvalue weighted by atomic mass is 16.5. The van der Waals surface area contributed by atoms with Gasteiger partial charge in [0.25, 0.3) is 0 Å². The summed E-state index contributed by atoms with van der Waals surface area (Å²) in [5.41, 5.74) is -0.189. The first-order valence-electron chi connectivity index (χ1n) is 6.33. The molecular weight excluding hydrogens is 214 g/mol. The third-order valence-corrected chi connectivity index (χ3v) is 3.31. The molecule has 4 heteroatoms. The summed E-state index contributed by atoms with van der Waals surface area (Å²) in [5.74, 6) is 1.12. The fraction of sp³-hybridized carbons (Fsp3) is 0.769. The second kappa shape index (κ2) is 6.17. The van der Waals surface area contributed by atoms with E-state index < -0.39 is 0 Å². The Balaban J connectivity index is 2.80. The summed E-state index contributed by atoms with van der Waals surface area (Å²) >= 11 is 0. The first-order valence-corrected chi connectivity index (χ1v) is 6.33. The monoisotopic (exact) mass is 239 g/mol. The van der Waals surface area contributed by atoms with Crippen LogP contribution in [0, 0.1) is 0 Å². The van der Waals surface area contributed by atoms with E-state index in [9.17, 15) is 0 Å². The van der Waals surface area contributed by atoms with Crippen molar-refractivity contribution in [1.29, 1.82) is 0 Å². The number of aryl methyl sites for hydroxylation is 1. The van der Waals surface area contributed by atoms with Crippen molar-refractivity contribution in [3.05, 3.63) is 18.2 Å². The third-order valence-electron chi connectivity index (χ3n) is 3.31. The van der Waals surface area contributed by atoms with Gasteiger partial charge in [0.2, 0.25) is 0 Å². The first kappa shape index (κ1) is 14.2. The van der Waals surface area contributed by atoms with Crippen LogP contribution in [0.1, 0.15) is 33.5 Å². The fourth-order valence-electron chi connectivity index (χ4n) is 1.94. The van der Waals surface area contributed by atoms with Crippen LogP contribution < -0.4 is 5.32 Å². The van der Waals surface area contributed by atoms with E-state index in [1.807, 2.05) is 12.4 Å². The Bertz CT molecular complexity index is 333. The Labute approximate surface area is 104 Å². The predicted molar refractivity (Wildman–Crippen MR) is 70.2 cm³/mol. The maximum Gasteiger partial charge on any atom is 0.108 e. The summed E-state index contributed by atoms with van der Waals surface area (Å²) in [4.78, 5) is 4.35. The number of aromatic nitrogens is 2. The normalized spacial score (nSPS) is 13.9. The van der Waals surface area contributed by atoms with Crippen LogP contribution in [0.2, 0.25) is 0 Å². The predicted octanol–water partition coefficient (Wildman–Crippen LogP) is 1.85. The van der Waals surface area contributed by atoms with Crippen LogP contribution in [0.4, 0.5) is 0 Å². The van der Waals surface area contributed by atoms with Gasteiger partial charge in [-0.3, -0.25) is 0 Å². The van der Waals surface area contributed by atoms with Crippen LogP contribution in [0.3, 0.4) is 0 Å². The second-order valence-electron chi connectivity index (χ2n) is 4.77. The van der Waals surface area contributed by atoms with Gasteiger partial charge in [-0.15, -0.1) is 0 Å². The lowest BCUT2D eigenvalue weighted by Crippen LogP contribution is -2.50. The lowest BCUT2D eigenvalue weighted by Gasteiger charge is -2.34. The molecule has 0 bridgehead atoms. The third kappa shape index (κ3) is 3.54. The van der Waals surface area contributed by atoms with Gasteiger partial charge < -0.3 is 14.6 Å². The van der Waals surface area contributed by atoms with Crippen LogP contribution in [-0.4, -0.2) is 34.8 Å². The number of nitrogens with zero attached hydrogens (tertiary/aromatic N) is 2. The molecule has 0 radical (unpaired) electrons. The second-order valence-corrected chi connectivity index (χ2v) is 4.77. The van der Waals surface area contributed by atoms with Gasteiger partial charge in [-0.2, -0.15) is 0 Å². The van der Waals surface area contributed by atoms with Crippen molar-refractivity contribution in [1.82, 2.24) is 14.9 Å². The van der Waals surface area contributed by atoms with Crippen LogP contribution in [0.25, 0.3) is 0 Å². The number of ether oxygens (including phenoxy) is 1. The number of rotatable bonds is 7. The molecule has 1 aromatic rings. The number of likely N-dealkylation sites (N-methyl/N-ethyl adjacent to an activating group) is 1. The molecule has 1 aromatic heterocycles. The zero-order chi connectivity index (χ0) is 12.9. The molecule has 0 fully saturated rings. The zero-order valence-corrected chi connectivity index (χ0v) is 11.7. The van der Waals surface area contributed by atoms with E-state index in [2.05, 4.69) is 42.6 Å². The van der Waals surface area contributed by atoms with Gasteiger partial charge in [-0.05, 0) is 20.4 Å². The molecular formula is C13H25N3O. The average Bonchev–Trinajstić information content (AvgIpc) is 2.75. The molecule has 0 saturated heterocycles. The van der Waals surface area contributed by atoms with E-state index >= 15 is 0 Å². The molecule has 1 rings (SSSR count). The highest BCUT2D eigenvalue weighted by Crippen LogP contribution is 2.16. The van der Waals surface area contributed by atoms with Crippen molar-refractivity contribution in [3.63, 3.8) is 0 Å². The molecule has 1 heterocycles. The smallest absolute Gasteiger partial charge is 0.108 e. The maximum absolute atomic E-state index is 5.58. The van der Waals surface area contributed by atoms with Crippen molar-refractivity contribution in [2.24, 2.45) is 0 Å². The summed E-state index contributed by atoms with van der Waals surface area (Å²) in [6, 6.07) is 0.275. The topological polar surface area (TPSA) is 39.1 Å². The van der Waals surface area contributed by atoms with Crippen LogP contribution in [-0.2, 0) is 17.7 Å². The lowest BCUT2D eigenvalue weighted by molar-refractivity contribution is -0.0146. The van der Waals surface area contributed by atoms with Crippen molar-refractivity contribution < 1.29 is 4.74 Å². The van der Waals surface area contributed by atoms with Gasteiger partial charge in [0.1, 0.15) is 5.82 Å². The fourth-order valence-corrected chi connectivity index (χ4v) is 1.94. The molecule has 1 N–H and O–H groups in total. The van der Waals surface area contributed by atoms with Gasteiger partial charge in [-0.1, -0.05) is 13.8 Å². The minimum absolute atomic E-state index is 0.189. The summed E-state index contributed by atoms with van der Waals surface area (Å²) < 4.78 is 7.78. The maximum atomic E-state index is 5.58. The summed E-state index contributed by atoms with van der Waals surface area (Å²) in [6.07, 6.45) is 4.86. The highest BCUT2D eigenvalue weighted by molar-refractivity contribution is 4.95. The van der Waals surface area contributed by atoms with Crippen LogP contribution in [0.5, 0.6) is 0 Å². The molecule has 0 aromatic carbocycles. The standard InChI is InChI=1S/C13H25N3O/c1-6-12-15-8-9-16(12)10-11(14-7-2)13(3,4)17-5/h8-9,11,14H,6-7,10H2,1-5H3. The van der Waals surface area contributed by atoms with E-state index in [1.165, 1.54) is 0 Å². The summed E-state index contributed by atoms with van der Waals surface area (Å²) in [5, 5.41) is 3.49. The Morgan fingerprint density at radius 1 is 1.47 bits per heavy atom. The van der Waals surface area contributed by atoms with Gasteiger partial charge >= 0.3 is 0 Å². The molecule has 0 aliphatic heterocycles. The van der Waals surface area contributed by atoms with Crippen molar-refractivity contribution in [2.45, 2.75) is 52.3 Å². The van der Waals surface area contributed by atoms with E-state index in [1.54, 1.807) is 7.11 Å². The van der Waals surface area contributed by atoms with E-state index in [-0.39, 0.29) is 11.6 Å². The SMILES string of the molecule is CCNC(Cn1ccnc1CC)C(C)(C)OC. The Kier molecular flexibility index (Phi) is 5.15. The Hall–Kier alpha value is -0.870. The quantitative estimate of drug-likeness (QED) is 0.789. The van der Waals surface area contributed by atoms with Gasteiger partial charge in [0.15, 0.2) is 0 Å². The van der Waals surface area contributed by atoms with Crippen molar-refractivity contribution >= 4 is 0 Å². The van der Waals surface area contributed by atoms with Crippen molar-refractivity contribution in [2.75, 3.05) is 13.7 Å². The van der Waals surface area contributed by atoms with Gasteiger partial charge in [0, 0.05) is 32.5 Å². The number of methoxy groups -OCH3 is 1. The van der Waals surface area contributed by atoms with Crippen LogP contribution in [0.15, 0.2) is 12.4 Å². The minimum atomic E-state index is -0.189. The molecule has 0 aliphatic carbocycles. The van der Waals surface area contributed by atoms with Crippen molar-refractivity contribution in [3.8, 4) is 0 Å². The Morgan fingerprint density at radius 2 is 2.18 bits per heavy atom. The van der Waals surface area contributed by atoms with Gasteiger partial charge in [-0.25, -0.2) is 4.98 Å². The molecule has 4 nitrogen and oxygen atoms in total. The largest absolute Gasteiger partial charge is 0.377 e. The molecule has 1 atom stereocenters. The average molecular weight is 239 g/mol. The Morgan fingerprint density at radius 3 is 2.71 bits per heavy atom. The molecule has 17 heavy (non-hydrogen) atoms. The molecule has 0 saturated carbocycles. The molecule has 1 unspecified atom stereocenters. The number of hydrogen-bond donors (Lipinski definition) is 1.